The Labute approximate surface area is 159 Å². The summed E-state index contributed by atoms with van der Waals surface area (Å²) in [6, 6.07) is 0. The van der Waals surface area contributed by atoms with Crippen LogP contribution in [0.25, 0.3) is 0 Å². The van der Waals surface area contributed by atoms with Crippen molar-refractivity contribution >= 4 is 6.29 Å². The van der Waals surface area contributed by atoms with Crippen molar-refractivity contribution in [2.24, 2.45) is 39.4 Å². The van der Waals surface area contributed by atoms with Gasteiger partial charge in [-0.25, -0.2) is 0 Å². The first-order valence-corrected chi connectivity index (χ1v) is 10.9. The summed E-state index contributed by atoms with van der Waals surface area (Å²) in [6.07, 6.45) is 12.2. The Morgan fingerprint density at radius 2 is 1.65 bits per heavy atom. The summed E-state index contributed by atoms with van der Waals surface area (Å²) >= 11 is 0. The number of hydrogen-bond donors (Lipinski definition) is 1. The molecule has 0 saturated heterocycles. The molecule has 3 fully saturated rings. The van der Waals surface area contributed by atoms with Crippen LogP contribution in [0.5, 0.6) is 0 Å². The van der Waals surface area contributed by atoms with Crippen molar-refractivity contribution in [1.82, 2.24) is 0 Å². The van der Waals surface area contributed by atoms with Crippen LogP contribution in [0.2, 0.25) is 0 Å². The van der Waals surface area contributed by atoms with E-state index in [0.717, 1.165) is 37.0 Å². The van der Waals surface area contributed by atoms with Crippen molar-refractivity contribution in [1.29, 1.82) is 0 Å². The second-order valence-electron chi connectivity index (χ2n) is 11.6. The molecule has 0 aromatic rings. The largest absolute Gasteiger partial charge is 0.393 e. The second kappa shape index (κ2) is 5.69. The van der Waals surface area contributed by atoms with E-state index in [2.05, 4.69) is 40.7 Å². The molecule has 4 aliphatic rings. The van der Waals surface area contributed by atoms with E-state index in [1.54, 1.807) is 0 Å². The smallest absolute Gasteiger partial charge is 0.145 e. The van der Waals surface area contributed by atoms with Gasteiger partial charge in [0.25, 0.3) is 0 Å². The summed E-state index contributed by atoms with van der Waals surface area (Å²) in [7, 11) is 0. The number of aliphatic hydroxyl groups excluding tert-OH is 1. The van der Waals surface area contributed by atoms with Gasteiger partial charge in [-0.1, -0.05) is 47.1 Å². The SMILES string of the molecule is CC1(C)CCC[C@@]2(C)C1CC[C@]1(C)C2C[C@@H](O)[C@]2(C)CC(C=O)=CCC12. The summed E-state index contributed by atoms with van der Waals surface area (Å²) < 4.78 is 0. The van der Waals surface area contributed by atoms with Crippen molar-refractivity contribution in [3.63, 3.8) is 0 Å². The van der Waals surface area contributed by atoms with Gasteiger partial charge < -0.3 is 5.11 Å². The molecule has 2 nitrogen and oxygen atoms in total. The first kappa shape index (κ1) is 18.7. The van der Waals surface area contributed by atoms with Crippen molar-refractivity contribution in [3.8, 4) is 0 Å². The molecule has 7 atom stereocenters. The third-order valence-electron chi connectivity index (χ3n) is 10.0. The zero-order chi connectivity index (χ0) is 19.0. The molecule has 0 amide bonds. The van der Waals surface area contributed by atoms with Crippen LogP contribution < -0.4 is 0 Å². The number of aldehydes is 1. The molecular formula is C24H38O2. The fourth-order valence-corrected chi connectivity index (χ4v) is 8.77. The highest BCUT2D eigenvalue weighted by atomic mass is 16.3. The summed E-state index contributed by atoms with van der Waals surface area (Å²) in [6.45, 7) is 12.3. The van der Waals surface area contributed by atoms with E-state index in [1.807, 2.05) is 0 Å². The fourth-order valence-electron chi connectivity index (χ4n) is 8.77. The molecule has 2 heteroatoms. The molecule has 3 saturated carbocycles. The number of aliphatic hydroxyl groups is 1. The molecule has 0 radical (unpaired) electrons. The normalized spacial score (nSPS) is 52.9. The number of rotatable bonds is 1. The van der Waals surface area contributed by atoms with E-state index in [-0.39, 0.29) is 16.9 Å². The average Bonchev–Trinajstić information content (AvgIpc) is 2.56. The van der Waals surface area contributed by atoms with Gasteiger partial charge in [0.2, 0.25) is 0 Å². The van der Waals surface area contributed by atoms with E-state index in [9.17, 15) is 9.90 Å². The van der Waals surface area contributed by atoms with Crippen LogP contribution in [0.4, 0.5) is 0 Å². The van der Waals surface area contributed by atoms with Gasteiger partial charge in [0.05, 0.1) is 6.10 Å². The standard InChI is InChI=1S/C24H38O2/c1-21(2)10-6-11-22(3)17(21)9-12-23(4)18-8-7-16(15-25)14-24(18,5)20(26)13-19(22)23/h7,15,17-20,26H,6,8-14H2,1-5H3/t17?,18?,19?,20-,22+,23+,24-/m1/s1. The number of fused-ring (bicyclic) bond motifs is 5. The molecule has 0 bridgehead atoms. The molecule has 0 spiro atoms. The van der Waals surface area contributed by atoms with Gasteiger partial charge in [-0.15, -0.1) is 0 Å². The lowest BCUT2D eigenvalue weighted by atomic mass is 9.35. The predicted molar refractivity (Wildman–Crippen MR) is 106 cm³/mol. The Morgan fingerprint density at radius 3 is 2.35 bits per heavy atom. The van der Waals surface area contributed by atoms with Crippen LogP contribution in [0, 0.1) is 39.4 Å². The molecule has 1 N–H and O–H groups in total. The van der Waals surface area contributed by atoms with E-state index >= 15 is 0 Å². The number of hydrogen-bond acceptors (Lipinski definition) is 2. The van der Waals surface area contributed by atoms with Crippen LogP contribution in [-0.4, -0.2) is 17.5 Å². The molecule has 4 aliphatic carbocycles. The van der Waals surface area contributed by atoms with Gasteiger partial charge in [-0.2, -0.15) is 0 Å². The first-order valence-electron chi connectivity index (χ1n) is 10.9. The van der Waals surface area contributed by atoms with E-state index < -0.39 is 0 Å². The van der Waals surface area contributed by atoms with Crippen LogP contribution >= 0.6 is 0 Å². The minimum atomic E-state index is -0.283. The Morgan fingerprint density at radius 1 is 0.962 bits per heavy atom. The lowest BCUT2D eigenvalue weighted by Crippen LogP contribution is -2.64. The molecule has 3 unspecified atom stereocenters. The van der Waals surface area contributed by atoms with Crippen molar-refractivity contribution in [2.45, 2.75) is 92.1 Å². The molecule has 26 heavy (non-hydrogen) atoms. The maximum Gasteiger partial charge on any atom is 0.145 e. The number of carbonyl (C=O) groups is 1. The van der Waals surface area contributed by atoms with Gasteiger partial charge in [0, 0.05) is 5.41 Å². The molecule has 4 rings (SSSR count). The third-order valence-corrected chi connectivity index (χ3v) is 10.0. The van der Waals surface area contributed by atoms with E-state index in [1.165, 1.54) is 32.1 Å². The van der Waals surface area contributed by atoms with Crippen molar-refractivity contribution in [2.75, 3.05) is 0 Å². The lowest BCUT2D eigenvalue weighted by Gasteiger charge is -2.69. The molecule has 146 valence electrons. The quantitative estimate of drug-likeness (QED) is 0.625. The third kappa shape index (κ3) is 2.30. The Hall–Kier alpha value is -0.630. The Balaban J connectivity index is 1.76. The lowest BCUT2D eigenvalue weighted by molar-refractivity contribution is -0.223. The molecule has 0 aromatic carbocycles. The van der Waals surface area contributed by atoms with E-state index in [0.29, 0.717) is 22.7 Å². The average molecular weight is 359 g/mol. The predicted octanol–water partition coefficient (Wildman–Crippen LogP) is 5.54. The maximum atomic E-state index is 11.4. The van der Waals surface area contributed by atoms with Crippen LogP contribution in [0.3, 0.4) is 0 Å². The summed E-state index contributed by atoms with van der Waals surface area (Å²) in [4.78, 5) is 11.4. The fraction of sp³-hybridized carbons (Fsp3) is 0.875. The highest BCUT2D eigenvalue weighted by Crippen LogP contribution is 2.72. The highest BCUT2D eigenvalue weighted by molar-refractivity contribution is 5.73. The van der Waals surface area contributed by atoms with Crippen molar-refractivity contribution in [3.05, 3.63) is 11.6 Å². The van der Waals surface area contributed by atoms with Gasteiger partial charge >= 0.3 is 0 Å². The maximum absolute atomic E-state index is 11.4. The summed E-state index contributed by atoms with van der Waals surface area (Å²) in [5, 5.41) is 11.3. The van der Waals surface area contributed by atoms with Gasteiger partial charge in [-0.05, 0) is 84.5 Å². The van der Waals surface area contributed by atoms with Crippen molar-refractivity contribution < 1.29 is 9.90 Å². The van der Waals surface area contributed by atoms with Gasteiger partial charge in [-0.3, -0.25) is 4.79 Å². The van der Waals surface area contributed by atoms with Gasteiger partial charge in [0.1, 0.15) is 6.29 Å². The number of carbonyl (C=O) groups excluding carboxylic acids is 1. The second-order valence-corrected chi connectivity index (χ2v) is 11.6. The molecule has 0 heterocycles. The van der Waals surface area contributed by atoms with Gasteiger partial charge in [0.15, 0.2) is 0 Å². The first-order chi connectivity index (χ1) is 12.1. The van der Waals surface area contributed by atoms with Crippen LogP contribution in [0.1, 0.15) is 86.0 Å². The van der Waals surface area contributed by atoms with Crippen LogP contribution in [-0.2, 0) is 4.79 Å². The Bertz CT molecular complexity index is 634. The minimum absolute atomic E-state index is 0.135. The molecular weight excluding hydrogens is 320 g/mol. The minimum Gasteiger partial charge on any atom is -0.393 e. The zero-order valence-electron chi connectivity index (χ0n) is 17.5. The summed E-state index contributed by atoms with van der Waals surface area (Å²) in [5.41, 5.74) is 1.84. The monoisotopic (exact) mass is 358 g/mol. The van der Waals surface area contributed by atoms with Crippen LogP contribution in [0.15, 0.2) is 11.6 Å². The molecule has 0 aliphatic heterocycles. The molecule has 0 aromatic heterocycles. The van der Waals surface area contributed by atoms with E-state index in [4.69, 9.17) is 0 Å². The summed E-state index contributed by atoms with van der Waals surface area (Å²) in [5.74, 6) is 1.88. The zero-order valence-corrected chi connectivity index (χ0v) is 17.5. The number of allylic oxidation sites excluding steroid dienone is 2. The highest BCUT2D eigenvalue weighted by Gasteiger charge is 2.66. The topological polar surface area (TPSA) is 37.3 Å². The Kier molecular flexibility index (Phi) is 4.10.